The molecule has 1 N–H and O–H groups in total. The summed E-state index contributed by atoms with van der Waals surface area (Å²) in [7, 11) is 0. The quantitative estimate of drug-likeness (QED) is 0.883. The summed E-state index contributed by atoms with van der Waals surface area (Å²) in [5.41, 5.74) is 2.09. The fraction of sp³-hybridized carbons (Fsp3) is 0.312. The second-order valence-electron chi connectivity index (χ2n) is 5.26. The Labute approximate surface area is 136 Å². The van der Waals surface area contributed by atoms with Crippen LogP contribution in [0.2, 0.25) is 0 Å². The van der Waals surface area contributed by atoms with E-state index in [1.165, 1.54) is 4.88 Å². The monoisotopic (exact) mass is 365 g/mol. The lowest BCUT2D eigenvalue weighted by molar-refractivity contribution is -0.145. The maximum absolute atomic E-state index is 11.8. The first-order valence-corrected chi connectivity index (χ1v) is 8.55. The highest BCUT2D eigenvalue weighted by atomic mass is 79.9. The summed E-state index contributed by atoms with van der Waals surface area (Å²) in [4.78, 5) is 15.1. The van der Waals surface area contributed by atoms with Crippen LogP contribution in [0.3, 0.4) is 0 Å². The molecule has 1 aromatic heterocycles. The Morgan fingerprint density at radius 1 is 1.48 bits per heavy atom. The lowest BCUT2D eigenvalue weighted by Crippen LogP contribution is -2.40. The normalized spacial score (nSPS) is 20.0. The van der Waals surface area contributed by atoms with Crippen LogP contribution in [0.4, 0.5) is 0 Å². The molecule has 0 amide bonds. The Kier molecular flexibility index (Phi) is 4.15. The number of thiophene rings is 1. The van der Waals surface area contributed by atoms with Gasteiger partial charge in [-0.1, -0.05) is 28.1 Å². The largest absolute Gasteiger partial charge is 0.480 e. The van der Waals surface area contributed by atoms with Crippen molar-refractivity contribution in [1.82, 2.24) is 4.90 Å². The molecule has 5 heteroatoms. The molecule has 0 aliphatic carbocycles. The van der Waals surface area contributed by atoms with Gasteiger partial charge in [-0.05, 0) is 48.1 Å². The van der Waals surface area contributed by atoms with Crippen molar-refractivity contribution in [2.75, 3.05) is 6.54 Å². The number of fused-ring (bicyclic) bond motifs is 1. The van der Waals surface area contributed by atoms with Gasteiger partial charge in [0, 0.05) is 21.9 Å². The average molecular weight is 366 g/mol. The number of benzene rings is 1. The van der Waals surface area contributed by atoms with Crippen molar-refractivity contribution in [2.45, 2.75) is 25.4 Å². The third-order valence-corrected chi connectivity index (χ3v) is 5.56. The van der Waals surface area contributed by atoms with E-state index in [2.05, 4.69) is 39.9 Å². The first kappa shape index (κ1) is 14.8. The molecule has 2 heterocycles. The summed E-state index contributed by atoms with van der Waals surface area (Å²) in [6, 6.07) is 9.57. The van der Waals surface area contributed by atoms with Crippen molar-refractivity contribution < 1.29 is 9.90 Å². The van der Waals surface area contributed by atoms with Crippen LogP contribution in [0.15, 0.2) is 40.2 Å². The Morgan fingerprint density at radius 2 is 2.29 bits per heavy atom. The smallest absolute Gasteiger partial charge is 0.325 e. The summed E-state index contributed by atoms with van der Waals surface area (Å²) < 4.78 is 1.02. The second kappa shape index (κ2) is 5.91. The molecule has 0 spiro atoms. The zero-order valence-corrected chi connectivity index (χ0v) is 14.0. The highest BCUT2D eigenvalue weighted by molar-refractivity contribution is 9.10. The van der Waals surface area contributed by atoms with E-state index < -0.39 is 12.0 Å². The molecular formula is C16H16BrNO2S. The Bertz CT molecular complexity index is 670. The van der Waals surface area contributed by atoms with Crippen LogP contribution >= 0.6 is 27.3 Å². The minimum Gasteiger partial charge on any atom is -0.480 e. The van der Waals surface area contributed by atoms with Gasteiger partial charge in [-0.3, -0.25) is 9.69 Å². The van der Waals surface area contributed by atoms with E-state index in [9.17, 15) is 9.90 Å². The maximum atomic E-state index is 11.8. The number of halogens is 1. The van der Waals surface area contributed by atoms with E-state index in [0.717, 1.165) is 28.6 Å². The molecule has 3 nitrogen and oxygen atoms in total. The van der Waals surface area contributed by atoms with Crippen molar-refractivity contribution in [1.29, 1.82) is 0 Å². The molecule has 2 atom stereocenters. The molecule has 0 saturated heterocycles. The zero-order chi connectivity index (χ0) is 15.0. The highest BCUT2D eigenvalue weighted by Gasteiger charge is 2.36. The van der Waals surface area contributed by atoms with Gasteiger partial charge in [0.15, 0.2) is 0 Å². The van der Waals surface area contributed by atoms with E-state index in [-0.39, 0.29) is 6.04 Å². The molecular weight excluding hydrogens is 350 g/mol. The van der Waals surface area contributed by atoms with Crippen LogP contribution in [0.5, 0.6) is 0 Å². The molecule has 0 radical (unpaired) electrons. The number of hydrogen-bond donors (Lipinski definition) is 1. The van der Waals surface area contributed by atoms with Crippen LogP contribution in [0.25, 0.3) is 0 Å². The summed E-state index contributed by atoms with van der Waals surface area (Å²) in [5.74, 6) is -0.767. The predicted octanol–water partition coefficient (Wildman–Crippen LogP) is 4.26. The van der Waals surface area contributed by atoms with Crippen LogP contribution in [0, 0.1) is 0 Å². The third-order valence-electron chi connectivity index (χ3n) is 4.07. The van der Waals surface area contributed by atoms with Gasteiger partial charge in [-0.25, -0.2) is 0 Å². The minimum absolute atomic E-state index is 0.0663. The lowest BCUT2D eigenvalue weighted by atomic mass is 9.96. The van der Waals surface area contributed by atoms with Crippen molar-refractivity contribution in [3.63, 3.8) is 0 Å². The van der Waals surface area contributed by atoms with Gasteiger partial charge in [0.2, 0.25) is 0 Å². The molecule has 0 fully saturated rings. The van der Waals surface area contributed by atoms with Crippen LogP contribution in [0.1, 0.15) is 35.0 Å². The van der Waals surface area contributed by atoms with E-state index in [1.54, 1.807) is 11.3 Å². The number of hydrogen-bond acceptors (Lipinski definition) is 3. The van der Waals surface area contributed by atoms with Gasteiger partial charge < -0.3 is 5.11 Å². The average Bonchev–Trinajstić information content (AvgIpc) is 2.93. The molecule has 1 aromatic carbocycles. The number of nitrogens with zero attached hydrogens (tertiary/aromatic N) is 1. The zero-order valence-electron chi connectivity index (χ0n) is 11.6. The Balaban J connectivity index is 1.96. The third kappa shape index (κ3) is 2.78. The molecule has 0 bridgehead atoms. The fourth-order valence-electron chi connectivity index (χ4n) is 2.99. The van der Waals surface area contributed by atoms with E-state index >= 15 is 0 Å². The molecule has 1 aliphatic rings. The van der Waals surface area contributed by atoms with E-state index in [1.807, 2.05) is 23.6 Å². The van der Waals surface area contributed by atoms with Crippen molar-refractivity contribution in [2.24, 2.45) is 0 Å². The van der Waals surface area contributed by atoms with Crippen LogP contribution in [-0.4, -0.2) is 22.5 Å². The van der Waals surface area contributed by atoms with Gasteiger partial charge >= 0.3 is 5.97 Å². The SMILES string of the molecule is CC(c1cccc(Br)c1)N1CCc2sccc2C1C(=O)O. The van der Waals surface area contributed by atoms with Crippen LogP contribution in [-0.2, 0) is 11.2 Å². The topological polar surface area (TPSA) is 40.5 Å². The van der Waals surface area contributed by atoms with Gasteiger partial charge in [0.05, 0.1) is 0 Å². The first-order chi connectivity index (χ1) is 10.1. The van der Waals surface area contributed by atoms with Gasteiger partial charge in [-0.2, -0.15) is 0 Å². The van der Waals surface area contributed by atoms with Gasteiger partial charge in [0.1, 0.15) is 6.04 Å². The molecule has 3 rings (SSSR count). The predicted molar refractivity (Wildman–Crippen MR) is 87.7 cm³/mol. The second-order valence-corrected chi connectivity index (χ2v) is 7.18. The molecule has 0 saturated carbocycles. The number of carboxylic acids is 1. The van der Waals surface area contributed by atoms with Crippen LogP contribution < -0.4 is 0 Å². The standard InChI is InChI=1S/C16H16BrNO2S/c1-10(11-3-2-4-12(17)9-11)18-7-5-14-13(6-8-21-14)15(18)16(19)20/h2-4,6,8-10,15H,5,7H2,1H3,(H,19,20). The number of carboxylic acid groups (broad SMARTS) is 1. The Hall–Kier alpha value is -1.17. The van der Waals surface area contributed by atoms with Gasteiger partial charge in [-0.15, -0.1) is 11.3 Å². The van der Waals surface area contributed by atoms with Crippen molar-refractivity contribution >= 4 is 33.2 Å². The summed E-state index contributed by atoms with van der Waals surface area (Å²) in [6.45, 7) is 2.85. The number of rotatable bonds is 3. The molecule has 110 valence electrons. The molecule has 2 aromatic rings. The number of aliphatic carboxylic acids is 1. The van der Waals surface area contributed by atoms with Crippen molar-refractivity contribution in [3.05, 3.63) is 56.2 Å². The molecule has 21 heavy (non-hydrogen) atoms. The molecule has 2 unspecified atom stereocenters. The summed E-state index contributed by atoms with van der Waals surface area (Å²) >= 11 is 5.15. The number of carbonyl (C=O) groups is 1. The minimum atomic E-state index is -0.767. The maximum Gasteiger partial charge on any atom is 0.325 e. The first-order valence-electron chi connectivity index (χ1n) is 6.88. The fourth-order valence-corrected chi connectivity index (χ4v) is 4.31. The summed E-state index contributed by atoms with van der Waals surface area (Å²) in [5, 5.41) is 11.7. The van der Waals surface area contributed by atoms with Gasteiger partial charge in [0.25, 0.3) is 0 Å². The highest BCUT2D eigenvalue weighted by Crippen LogP contribution is 2.38. The van der Waals surface area contributed by atoms with E-state index in [4.69, 9.17) is 0 Å². The van der Waals surface area contributed by atoms with Crippen molar-refractivity contribution in [3.8, 4) is 0 Å². The summed E-state index contributed by atoms with van der Waals surface area (Å²) in [6.07, 6.45) is 0.926. The molecule has 1 aliphatic heterocycles. The lowest BCUT2D eigenvalue weighted by Gasteiger charge is -2.37. The Morgan fingerprint density at radius 3 is 3.00 bits per heavy atom. The van der Waals surface area contributed by atoms with E-state index in [0.29, 0.717) is 0 Å².